The number of esters is 1. The Bertz CT molecular complexity index is 460. The Morgan fingerprint density at radius 1 is 1.32 bits per heavy atom. The van der Waals surface area contributed by atoms with E-state index in [-0.39, 0.29) is 30.4 Å². The van der Waals surface area contributed by atoms with Gasteiger partial charge in [-0.05, 0) is 24.6 Å². The number of amides is 1. The molecule has 0 aromatic heterocycles. The molecule has 0 saturated heterocycles. The second kappa shape index (κ2) is 7.14. The van der Waals surface area contributed by atoms with Gasteiger partial charge in [-0.2, -0.15) is 0 Å². The number of hydrogen-bond donors (Lipinski definition) is 1. The van der Waals surface area contributed by atoms with Crippen molar-refractivity contribution < 1.29 is 14.3 Å². The van der Waals surface area contributed by atoms with Crippen LogP contribution in [0, 0.1) is 5.92 Å². The Morgan fingerprint density at radius 3 is 2.58 bits per heavy atom. The number of hydrogen-bond acceptors (Lipinski definition) is 3. The van der Waals surface area contributed by atoms with E-state index in [2.05, 4.69) is 5.32 Å². The summed E-state index contributed by atoms with van der Waals surface area (Å²) in [6.07, 6.45) is 0. The van der Waals surface area contributed by atoms with E-state index >= 15 is 0 Å². The van der Waals surface area contributed by atoms with Crippen LogP contribution in [-0.2, 0) is 14.3 Å². The summed E-state index contributed by atoms with van der Waals surface area (Å²) in [4.78, 5) is 22.8. The summed E-state index contributed by atoms with van der Waals surface area (Å²) < 4.78 is 4.85. The summed E-state index contributed by atoms with van der Waals surface area (Å²) in [6, 6.07) is 7.05. The van der Waals surface area contributed by atoms with Crippen molar-refractivity contribution in [1.82, 2.24) is 5.32 Å². The van der Waals surface area contributed by atoms with E-state index in [1.54, 1.807) is 26.0 Å². The number of carbonyl (C=O) groups excluding carboxylic acids is 2. The molecule has 0 fully saturated rings. The average Bonchev–Trinajstić information content (AvgIpc) is 2.35. The maximum Gasteiger partial charge on any atom is 0.308 e. The minimum atomic E-state index is -0.384. The number of benzene rings is 1. The van der Waals surface area contributed by atoms with Crippen molar-refractivity contribution in [3.05, 3.63) is 34.9 Å². The molecule has 0 heterocycles. The fourth-order valence-electron chi connectivity index (χ4n) is 1.45. The number of carbonyl (C=O) groups is 2. The van der Waals surface area contributed by atoms with Crippen LogP contribution in [0.4, 0.5) is 0 Å². The quantitative estimate of drug-likeness (QED) is 0.846. The molecule has 0 aliphatic rings. The standard InChI is InChI=1S/C14H18ClNO3/c1-9(2)14(18)19-8-13(17)16-10(3)11-5-4-6-12(15)7-11/h4-7,9-10H,8H2,1-3H3,(H,16,17)/t10-/m0/s1. The molecule has 0 bridgehead atoms. The largest absolute Gasteiger partial charge is 0.455 e. The summed E-state index contributed by atoms with van der Waals surface area (Å²) in [7, 11) is 0. The van der Waals surface area contributed by atoms with Crippen molar-refractivity contribution in [2.75, 3.05) is 6.61 Å². The van der Waals surface area contributed by atoms with Gasteiger partial charge in [0.25, 0.3) is 5.91 Å². The van der Waals surface area contributed by atoms with Gasteiger partial charge in [0, 0.05) is 5.02 Å². The third-order valence-electron chi connectivity index (χ3n) is 2.54. The molecule has 0 saturated carbocycles. The number of nitrogens with one attached hydrogen (secondary N) is 1. The normalized spacial score (nSPS) is 12.1. The summed E-state index contributed by atoms with van der Waals surface area (Å²) in [5.41, 5.74) is 0.899. The van der Waals surface area contributed by atoms with Gasteiger partial charge in [0.2, 0.25) is 0 Å². The lowest BCUT2D eigenvalue weighted by molar-refractivity contribution is -0.151. The van der Waals surface area contributed by atoms with E-state index < -0.39 is 0 Å². The maximum absolute atomic E-state index is 11.6. The van der Waals surface area contributed by atoms with E-state index in [4.69, 9.17) is 16.3 Å². The fourth-order valence-corrected chi connectivity index (χ4v) is 1.64. The molecule has 1 aromatic rings. The van der Waals surface area contributed by atoms with Crippen LogP contribution in [0.1, 0.15) is 32.4 Å². The first-order valence-electron chi connectivity index (χ1n) is 6.11. The van der Waals surface area contributed by atoms with Gasteiger partial charge < -0.3 is 10.1 Å². The number of rotatable bonds is 5. The van der Waals surface area contributed by atoms with E-state index in [0.29, 0.717) is 5.02 Å². The molecule has 1 atom stereocenters. The summed E-state index contributed by atoms with van der Waals surface area (Å²) in [5.74, 6) is -0.954. The highest BCUT2D eigenvalue weighted by atomic mass is 35.5. The molecule has 0 aliphatic heterocycles. The molecule has 5 heteroatoms. The van der Waals surface area contributed by atoms with E-state index in [1.165, 1.54) is 0 Å². The van der Waals surface area contributed by atoms with Crippen molar-refractivity contribution in [3.8, 4) is 0 Å². The zero-order valence-corrected chi connectivity index (χ0v) is 12.0. The van der Waals surface area contributed by atoms with Crippen LogP contribution >= 0.6 is 11.6 Å². The molecule has 0 aliphatic carbocycles. The molecule has 0 unspecified atom stereocenters. The molecule has 1 amide bonds. The minimum absolute atomic E-state index is 0.191. The molecule has 0 spiro atoms. The molecule has 0 radical (unpaired) electrons. The summed E-state index contributed by atoms with van der Waals surface area (Å²) in [5, 5.41) is 3.36. The van der Waals surface area contributed by atoms with Crippen molar-refractivity contribution in [2.45, 2.75) is 26.8 Å². The Morgan fingerprint density at radius 2 is 2.00 bits per heavy atom. The van der Waals surface area contributed by atoms with Crippen molar-refractivity contribution in [2.24, 2.45) is 5.92 Å². The fraction of sp³-hybridized carbons (Fsp3) is 0.429. The van der Waals surface area contributed by atoms with Gasteiger partial charge in [0.15, 0.2) is 6.61 Å². The van der Waals surface area contributed by atoms with Gasteiger partial charge >= 0.3 is 5.97 Å². The van der Waals surface area contributed by atoms with Gasteiger partial charge in [0.05, 0.1) is 12.0 Å². The predicted octanol–water partition coefficient (Wildman–Crippen LogP) is 2.72. The first-order chi connectivity index (χ1) is 8.90. The minimum Gasteiger partial charge on any atom is -0.455 e. The van der Waals surface area contributed by atoms with Gasteiger partial charge in [0.1, 0.15) is 0 Å². The third-order valence-corrected chi connectivity index (χ3v) is 2.78. The van der Waals surface area contributed by atoms with Crippen LogP contribution in [0.2, 0.25) is 5.02 Å². The molecular formula is C14H18ClNO3. The first kappa shape index (κ1) is 15.5. The van der Waals surface area contributed by atoms with Crippen LogP contribution in [0.3, 0.4) is 0 Å². The van der Waals surface area contributed by atoms with Gasteiger partial charge in [-0.1, -0.05) is 37.6 Å². The second-order valence-electron chi connectivity index (χ2n) is 4.61. The SMILES string of the molecule is CC(C)C(=O)OCC(=O)N[C@@H](C)c1cccc(Cl)c1. The second-order valence-corrected chi connectivity index (χ2v) is 5.04. The van der Waals surface area contributed by atoms with E-state index in [9.17, 15) is 9.59 Å². The highest BCUT2D eigenvalue weighted by Crippen LogP contribution is 2.17. The molecule has 1 rings (SSSR count). The van der Waals surface area contributed by atoms with Crippen LogP contribution in [0.5, 0.6) is 0 Å². The summed E-state index contributed by atoms with van der Waals surface area (Å²) >= 11 is 5.88. The molecule has 104 valence electrons. The Labute approximate surface area is 118 Å². The average molecular weight is 284 g/mol. The van der Waals surface area contributed by atoms with Crippen LogP contribution in [0.25, 0.3) is 0 Å². The van der Waals surface area contributed by atoms with E-state index in [1.807, 2.05) is 19.1 Å². The molecule has 1 N–H and O–H groups in total. The van der Waals surface area contributed by atoms with Gasteiger partial charge in [-0.3, -0.25) is 9.59 Å². The van der Waals surface area contributed by atoms with Gasteiger partial charge in [-0.25, -0.2) is 0 Å². The molecule has 19 heavy (non-hydrogen) atoms. The lowest BCUT2D eigenvalue weighted by atomic mass is 10.1. The lowest BCUT2D eigenvalue weighted by Crippen LogP contribution is -2.31. The monoisotopic (exact) mass is 283 g/mol. The summed E-state index contributed by atoms with van der Waals surface area (Å²) in [6.45, 7) is 5.01. The third kappa shape index (κ3) is 5.30. The Hall–Kier alpha value is -1.55. The van der Waals surface area contributed by atoms with Crippen molar-refractivity contribution in [1.29, 1.82) is 0 Å². The molecule has 1 aromatic carbocycles. The Kier molecular flexibility index (Phi) is 5.83. The van der Waals surface area contributed by atoms with Crippen LogP contribution in [0.15, 0.2) is 24.3 Å². The van der Waals surface area contributed by atoms with Crippen LogP contribution in [-0.4, -0.2) is 18.5 Å². The van der Waals surface area contributed by atoms with Crippen LogP contribution < -0.4 is 5.32 Å². The predicted molar refractivity (Wildman–Crippen MR) is 73.8 cm³/mol. The zero-order chi connectivity index (χ0) is 14.4. The highest BCUT2D eigenvalue weighted by Gasteiger charge is 2.13. The smallest absolute Gasteiger partial charge is 0.308 e. The maximum atomic E-state index is 11.6. The van der Waals surface area contributed by atoms with Crippen molar-refractivity contribution in [3.63, 3.8) is 0 Å². The molecule has 4 nitrogen and oxygen atoms in total. The topological polar surface area (TPSA) is 55.4 Å². The van der Waals surface area contributed by atoms with E-state index in [0.717, 1.165) is 5.56 Å². The number of ether oxygens (including phenoxy) is 1. The lowest BCUT2D eigenvalue weighted by Gasteiger charge is -2.15. The zero-order valence-electron chi connectivity index (χ0n) is 11.3. The Balaban J connectivity index is 2.46. The van der Waals surface area contributed by atoms with Gasteiger partial charge in [-0.15, -0.1) is 0 Å². The highest BCUT2D eigenvalue weighted by molar-refractivity contribution is 6.30. The number of halogens is 1. The first-order valence-corrected chi connectivity index (χ1v) is 6.49. The molecular weight excluding hydrogens is 266 g/mol. The van der Waals surface area contributed by atoms with Crippen molar-refractivity contribution >= 4 is 23.5 Å².